The second-order valence-electron chi connectivity index (χ2n) is 3.45. The van der Waals surface area contributed by atoms with Crippen molar-refractivity contribution in [2.45, 2.75) is 25.8 Å². The number of nitrogen functional groups attached to an aromatic ring is 1. The van der Waals surface area contributed by atoms with E-state index in [0.717, 1.165) is 24.0 Å². The molecule has 0 fully saturated rings. The van der Waals surface area contributed by atoms with E-state index in [1.54, 1.807) is 6.20 Å². The number of anilines is 1. The Balaban J connectivity index is 2.63. The van der Waals surface area contributed by atoms with Crippen LogP contribution < -0.4 is 17.0 Å². The zero-order valence-electron chi connectivity index (χ0n) is 8.38. The van der Waals surface area contributed by atoms with Crippen LogP contribution in [0.3, 0.4) is 0 Å². The average Bonchev–Trinajstić information content (AvgIpc) is 2.53. The number of hydrogen-bond acceptors (Lipinski definition) is 4. The minimum absolute atomic E-state index is 0.0328. The number of aromatic nitrogens is 2. The Morgan fingerprint density at radius 3 is 2.93 bits per heavy atom. The fourth-order valence-corrected chi connectivity index (χ4v) is 1.30. The van der Waals surface area contributed by atoms with E-state index in [4.69, 9.17) is 11.6 Å². The molecule has 0 radical (unpaired) electrons. The molecule has 1 rings (SSSR count). The first-order valence-corrected chi connectivity index (χ1v) is 4.54. The van der Waals surface area contributed by atoms with Crippen LogP contribution in [0.4, 0.5) is 5.82 Å². The number of allylic oxidation sites excluding steroid dienone is 1. The van der Waals surface area contributed by atoms with E-state index in [-0.39, 0.29) is 6.04 Å². The molecular formula is C9H17N5. The van der Waals surface area contributed by atoms with Crippen molar-refractivity contribution < 1.29 is 0 Å². The zero-order chi connectivity index (χ0) is 10.6. The van der Waals surface area contributed by atoms with Gasteiger partial charge in [-0.05, 0) is 19.8 Å². The fraction of sp³-hybridized carbons (Fsp3) is 0.444. The monoisotopic (exact) mass is 195 g/mol. The largest absolute Gasteiger partial charge is 0.384 e. The summed E-state index contributed by atoms with van der Waals surface area (Å²) in [6.45, 7) is 5.83. The molecule has 1 aromatic heterocycles. The van der Waals surface area contributed by atoms with Crippen molar-refractivity contribution in [2.75, 3.05) is 5.73 Å². The SMILES string of the molecule is C=C(C)CCC(NN)c1cn[nH]c1N. The maximum atomic E-state index is 5.69. The highest BCUT2D eigenvalue weighted by atomic mass is 15.2. The lowest BCUT2D eigenvalue weighted by atomic mass is 10.0. The molecule has 0 bridgehead atoms. The predicted octanol–water partition coefficient (Wildman–Crippen LogP) is 0.853. The van der Waals surface area contributed by atoms with Crippen LogP contribution >= 0.6 is 0 Å². The van der Waals surface area contributed by atoms with Gasteiger partial charge >= 0.3 is 0 Å². The smallest absolute Gasteiger partial charge is 0.123 e. The summed E-state index contributed by atoms with van der Waals surface area (Å²) in [4.78, 5) is 0. The number of hydrogen-bond donors (Lipinski definition) is 4. The van der Waals surface area contributed by atoms with Gasteiger partial charge in [0.25, 0.3) is 0 Å². The number of nitrogens with zero attached hydrogens (tertiary/aromatic N) is 1. The fourth-order valence-electron chi connectivity index (χ4n) is 1.30. The predicted molar refractivity (Wildman–Crippen MR) is 57.1 cm³/mol. The van der Waals surface area contributed by atoms with Crippen molar-refractivity contribution in [2.24, 2.45) is 5.84 Å². The van der Waals surface area contributed by atoms with E-state index >= 15 is 0 Å². The third-order valence-electron chi connectivity index (χ3n) is 2.14. The van der Waals surface area contributed by atoms with Crippen LogP contribution in [0.5, 0.6) is 0 Å². The van der Waals surface area contributed by atoms with Crippen LogP contribution in [0.25, 0.3) is 0 Å². The molecule has 0 aliphatic rings. The van der Waals surface area contributed by atoms with Crippen molar-refractivity contribution in [1.29, 1.82) is 0 Å². The van der Waals surface area contributed by atoms with E-state index in [2.05, 4.69) is 22.2 Å². The molecule has 6 N–H and O–H groups in total. The van der Waals surface area contributed by atoms with Crippen LogP contribution in [0.15, 0.2) is 18.3 Å². The summed E-state index contributed by atoms with van der Waals surface area (Å²) in [5, 5.41) is 6.53. The van der Waals surface area contributed by atoms with Crippen molar-refractivity contribution in [3.63, 3.8) is 0 Å². The molecule has 1 heterocycles. The van der Waals surface area contributed by atoms with Gasteiger partial charge in [0.15, 0.2) is 0 Å². The Hall–Kier alpha value is -1.33. The minimum Gasteiger partial charge on any atom is -0.384 e. The van der Waals surface area contributed by atoms with Gasteiger partial charge in [-0.25, -0.2) is 0 Å². The van der Waals surface area contributed by atoms with Gasteiger partial charge < -0.3 is 5.73 Å². The number of nitrogens with two attached hydrogens (primary N) is 2. The van der Waals surface area contributed by atoms with Gasteiger partial charge in [-0.1, -0.05) is 5.57 Å². The van der Waals surface area contributed by atoms with Crippen molar-refractivity contribution in [3.8, 4) is 0 Å². The normalized spacial score (nSPS) is 12.7. The highest BCUT2D eigenvalue weighted by Crippen LogP contribution is 2.22. The average molecular weight is 195 g/mol. The lowest BCUT2D eigenvalue weighted by molar-refractivity contribution is 0.517. The van der Waals surface area contributed by atoms with E-state index in [0.29, 0.717) is 5.82 Å². The molecule has 0 spiro atoms. The van der Waals surface area contributed by atoms with E-state index in [1.807, 2.05) is 6.92 Å². The number of aromatic amines is 1. The van der Waals surface area contributed by atoms with E-state index in [1.165, 1.54) is 0 Å². The van der Waals surface area contributed by atoms with E-state index < -0.39 is 0 Å². The molecule has 5 heteroatoms. The molecular weight excluding hydrogens is 178 g/mol. The van der Waals surface area contributed by atoms with Crippen molar-refractivity contribution >= 4 is 5.82 Å². The van der Waals surface area contributed by atoms with Crippen LogP contribution in [0.1, 0.15) is 31.4 Å². The molecule has 0 aliphatic carbocycles. The summed E-state index contributed by atoms with van der Waals surface area (Å²) >= 11 is 0. The van der Waals surface area contributed by atoms with Crippen LogP contribution in [-0.4, -0.2) is 10.2 Å². The minimum atomic E-state index is 0.0328. The Morgan fingerprint density at radius 2 is 2.50 bits per heavy atom. The lowest BCUT2D eigenvalue weighted by Gasteiger charge is -2.14. The third-order valence-corrected chi connectivity index (χ3v) is 2.14. The van der Waals surface area contributed by atoms with Gasteiger partial charge in [-0.2, -0.15) is 5.10 Å². The first-order chi connectivity index (χ1) is 6.65. The molecule has 1 unspecified atom stereocenters. The van der Waals surface area contributed by atoms with Crippen LogP contribution in [0, 0.1) is 0 Å². The number of rotatable bonds is 5. The quantitative estimate of drug-likeness (QED) is 0.318. The van der Waals surface area contributed by atoms with Gasteiger partial charge in [0.1, 0.15) is 5.82 Å². The lowest BCUT2D eigenvalue weighted by Crippen LogP contribution is -2.28. The molecule has 1 atom stereocenters. The molecule has 14 heavy (non-hydrogen) atoms. The summed E-state index contributed by atoms with van der Waals surface area (Å²) < 4.78 is 0. The summed E-state index contributed by atoms with van der Waals surface area (Å²) in [5.41, 5.74) is 10.4. The summed E-state index contributed by atoms with van der Waals surface area (Å²) in [5.74, 6) is 6.01. The number of hydrazine groups is 1. The van der Waals surface area contributed by atoms with Crippen molar-refractivity contribution in [1.82, 2.24) is 15.6 Å². The number of H-pyrrole nitrogens is 1. The second-order valence-corrected chi connectivity index (χ2v) is 3.45. The first-order valence-electron chi connectivity index (χ1n) is 4.54. The Labute approximate surface area is 83.5 Å². The van der Waals surface area contributed by atoms with Gasteiger partial charge in [0.2, 0.25) is 0 Å². The van der Waals surface area contributed by atoms with Gasteiger partial charge in [-0.15, -0.1) is 6.58 Å². The molecule has 78 valence electrons. The van der Waals surface area contributed by atoms with E-state index in [9.17, 15) is 0 Å². The maximum absolute atomic E-state index is 5.69. The molecule has 0 aliphatic heterocycles. The Kier molecular flexibility index (Phi) is 3.67. The molecule has 5 nitrogen and oxygen atoms in total. The van der Waals surface area contributed by atoms with Gasteiger partial charge in [-0.3, -0.25) is 16.4 Å². The summed E-state index contributed by atoms with van der Waals surface area (Å²) in [7, 11) is 0. The van der Waals surface area contributed by atoms with Crippen LogP contribution in [-0.2, 0) is 0 Å². The zero-order valence-corrected chi connectivity index (χ0v) is 8.38. The third kappa shape index (κ3) is 2.58. The molecule has 0 saturated heterocycles. The molecule has 0 aromatic carbocycles. The Bertz CT molecular complexity index is 304. The number of nitrogens with one attached hydrogen (secondary N) is 2. The summed E-state index contributed by atoms with van der Waals surface area (Å²) in [6, 6.07) is 0.0328. The Morgan fingerprint density at radius 1 is 1.79 bits per heavy atom. The topological polar surface area (TPSA) is 92.7 Å². The first kappa shape index (κ1) is 10.7. The highest BCUT2D eigenvalue weighted by Gasteiger charge is 2.13. The summed E-state index contributed by atoms with van der Waals surface area (Å²) in [6.07, 6.45) is 3.48. The maximum Gasteiger partial charge on any atom is 0.123 e. The second kappa shape index (κ2) is 4.78. The van der Waals surface area contributed by atoms with Crippen molar-refractivity contribution in [3.05, 3.63) is 23.9 Å². The molecule has 1 aromatic rings. The highest BCUT2D eigenvalue weighted by molar-refractivity contribution is 5.39. The van der Waals surface area contributed by atoms with Gasteiger partial charge in [0.05, 0.1) is 12.2 Å². The standard InChI is InChI=1S/C9H17N5/c1-6(2)3-4-8(13-11)7-5-12-14-9(7)10/h5,8,13H,1,3-4,11H2,2H3,(H3,10,12,14). The molecule has 0 amide bonds. The van der Waals surface area contributed by atoms with Crippen LogP contribution in [0.2, 0.25) is 0 Å². The molecule has 0 saturated carbocycles. The van der Waals surface area contributed by atoms with Gasteiger partial charge in [0, 0.05) is 5.56 Å².